The van der Waals surface area contributed by atoms with E-state index >= 15 is 0 Å². The van der Waals surface area contributed by atoms with Crippen LogP contribution in [0.15, 0.2) is 29.2 Å². The summed E-state index contributed by atoms with van der Waals surface area (Å²) in [6.07, 6.45) is 0. The molecular weight excluding hydrogens is 338 g/mol. The maximum absolute atomic E-state index is 12.3. The second-order valence-corrected chi connectivity index (χ2v) is 7.94. The summed E-state index contributed by atoms with van der Waals surface area (Å²) in [7, 11) is -0.521. The highest BCUT2D eigenvalue weighted by atomic mass is 35.5. The highest BCUT2D eigenvalue weighted by Gasteiger charge is 2.29. The van der Waals surface area contributed by atoms with Gasteiger partial charge < -0.3 is 10.6 Å². The lowest BCUT2D eigenvalue weighted by Crippen LogP contribution is -2.49. The Kier molecular flexibility index (Phi) is 7.01. The van der Waals surface area contributed by atoms with Crippen LogP contribution in [0.1, 0.15) is 12.5 Å². The first-order chi connectivity index (χ1) is 10.3. The molecule has 0 aromatic heterocycles. The normalized spacial score (nSPS) is 16.3. The largest absolute Gasteiger partial charge is 0.352 e. The summed E-state index contributed by atoms with van der Waals surface area (Å²) in [5, 5.41) is 6.00. The van der Waals surface area contributed by atoms with Crippen molar-refractivity contribution in [2.24, 2.45) is 11.8 Å². The van der Waals surface area contributed by atoms with E-state index in [0.29, 0.717) is 11.5 Å². The molecule has 0 aliphatic carbocycles. The van der Waals surface area contributed by atoms with E-state index in [-0.39, 0.29) is 35.7 Å². The average Bonchev–Trinajstić information content (AvgIpc) is 2.42. The number of benzene rings is 1. The van der Waals surface area contributed by atoms with Crippen LogP contribution in [-0.2, 0) is 21.4 Å². The van der Waals surface area contributed by atoms with Gasteiger partial charge in [0.1, 0.15) is 0 Å². The molecule has 0 saturated carbocycles. The van der Waals surface area contributed by atoms with Crippen molar-refractivity contribution < 1.29 is 13.2 Å². The van der Waals surface area contributed by atoms with Crippen molar-refractivity contribution in [3.8, 4) is 0 Å². The molecule has 1 aliphatic rings. The molecule has 1 fully saturated rings. The second kappa shape index (κ2) is 8.10. The lowest BCUT2D eigenvalue weighted by molar-refractivity contribution is -0.126. The molecule has 0 radical (unpaired) electrons. The third-order valence-corrected chi connectivity index (χ3v) is 6.03. The Morgan fingerprint density at radius 1 is 1.35 bits per heavy atom. The summed E-state index contributed by atoms with van der Waals surface area (Å²) < 4.78 is 25.8. The SMILES string of the molecule is CC(C(=O)NCc1ccccc1S(=O)(=O)N(C)C)C1CNC1.Cl. The molecule has 1 amide bonds. The van der Waals surface area contributed by atoms with Gasteiger partial charge in [-0.1, -0.05) is 25.1 Å². The lowest BCUT2D eigenvalue weighted by Gasteiger charge is -2.31. The average molecular weight is 362 g/mol. The van der Waals surface area contributed by atoms with Gasteiger partial charge in [0.25, 0.3) is 0 Å². The van der Waals surface area contributed by atoms with Gasteiger partial charge in [0.15, 0.2) is 0 Å². The fraction of sp³-hybridized carbons (Fsp3) is 0.533. The first kappa shape index (κ1) is 19.9. The molecule has 1 saturated heterocycles. The molecule has 6 nitrogen and oxygen atoms in total. The summed E-state index contributed by atoms with van der Waals surface area (Å²) in [5.74, 6) is 0.253. The number of hydrogen-bond acceptors (Lipinski definition) is 4. The molecular formula is C15H24ClN3O3S. The van der Waals surface area contributed by atoms with Crippen molar-refractivity contribution in [2.75, 3.05) is 27.2 Å². The zero-order chi connectivity index (χ0) is 16.3. The van der Waals surface area contributed by atoms with Crippen molar-refractivity contribution in [3.05, 3.63) is 29.8 Å². The van der Waals surface area contributed by atoms with Gasteiger partial charge in [-0.15, -0.1) is 12.4 Å². The summed E-state index contributed by atoms with van der Waals surface area (Å²) >= 11 is 0. The van der Waals surface area contributed by atoms with E-state index in [1.807, 2.05) is 6.92 Å². The molecule has 8 heteroatoms. The Labute approximate surface area is 144 Å². The minimum absolute atomic E-state index is 0. The lowest BCUT2D eigenvalue weighted by atomic mass is 9.88. The fourth-order valence-corrected chi connectivity index (χ4v) is 3.44. The van der Waals surface area contributed by atoms with Crippen LogP contribution in [0.4, 0.5) is 0 Å². The summed E-state index contributed by atoms with van der Waals surface area (Å²) in [4.78, 5) is 12.4. The minimum atomic E-state index is -3.51. The third kappa shape index (κ3) is 4.44. The van der Waals surface area contributed by atoms with Crippen LogP contribution in [0.3, 0.4) is 0 Å². The monoisotopic (exact) mass is 361 g/mol. The minimum Gasteiger partial charge on any atom is -0.352 e. The van der Waals surface area contributed by atoms with E-state index in [0.717, 1.165) is 13.1 Å². The molecule has 1 aromatic carbocycles. The first-order valence-electron chi connectivity index (χ1n) is 7.33. The maximum atomic E-state index is 12.3. The molecule has 1 unspecified atom stereocenters. The van der Waals surface area contributed by atoms with Crippen molar-refractivity contribution in [2.45, 2.75) is 18.4 Å². The van der Waals surface area contributed by atoms with Crippen LogP contribution in [-0.4, -0.2) is 45.8 Å². The van der Waals surface area contributed by atoms with Crippen molar-refractivity contribution in [1.82, 2.24) is 14.9 Å². The fourth-order valence-electron chi connectivity index (χ4n) is 2.32. The van der Waals surface area contributed by atoms with Gasteiger partial charge in [-0.05, 0) is 30.6 Å². The van der Waals surface area contributed by atoms with Crippen LogP contribution in [0, 0.1) is 11.8 Å². The Hall–Kier alpha value is -1.15. The Bertz CT molecular complexity index is 645. The number of hydrogen-bond donors (Lipinski definition) is 2. The number of nitrogens with zero attached hydrogens (tertiary/aromatic N) is 1. The predicted molar refractivity (Wildman–Crippen MR) is 91.9 cm³/mol. The standard InChI is InChI=1S/C15H23N3O3S.ClH/c1-11(13-8-16-9-13)15(19)17-10-12-6-4-5-7-14(12)22(20,21)18(2)3;/h4-7,11,13,16H,8-10H2,1-3H3,(H,17,19);1H. The van der Waals surface area contributed by atoms with E-state index in [4.69, 9.17) is 0 Å². The first-order valence-corrected chi connectivity index (χ1v) is 8.77. The number of carbonyl (C=O) groups is 1. The van der Waals surface area contributed by atoms with Gasteiger partial charge in [0.05, 0.1) is 4.90 Å². The molecule has 23 heavy (non-hydrogen) atoms. The molecule has 1 aromatic rings. The van der Waals surface area contributed by atoms with Gasteiger partial charge in [-0.25, -0.2) is 12.7 Å². The molecule has 2 rings (SSSR count). The number of halogens is 1. The van der Waals surface area contributed by atoms with E-state index in [1.54, 1.807) is 24.3 Å². The molecule has 0 bridgehead atoms. The van der Waals surface area contributed by atoms with E-state index < -0.39 is 10.0 Å². The second-order valence-electron chi connectivity index (χ2n) is 5.82. The third-order valence-electron chi connectivity index (χ3n) is 4.12. The molecule has 130 valence electrons. The summed E-state index contributed by atoms with van der Waals surface area (Å²) in [6, 6.07) is 6.75. The van der Waals surface area contributed by atoms with E-state index in [9.17, 15) is 13.2 Å². The number of sulfonamides is 1. The van der Waals surface area contributed by atoms with Gasteiger partial charge in [-0.2, -0.15) is 0 Å². The summed E-state index contributed by atoms with van der Waals surface area (Å²) in [6.45, 7) is 3.84. The quantitative estimate of drug-likeness (QED) is 0.786. The van der Waals surface area contributed by atoms with Crippen LogP contribution in [0.25, 0.3) is 0 Å². The van der Waals surface area contributed by atoms with Crippen LogP contribution >= 0.6 is 12.4 Å². The van der Waals surface area contributed by atoms with Crippen molar-refractivity contribution in [1.29, 1.82) is 0 Å². The highest BCUT2D eigenvalue weighted by molar-refractivity contribution is 7.89. The topological polar surface area (TPSA) is 78.5 Å². The van der Waals surface area contributed by atoms with Gasteiger partial charge in [-0.3, -0.25) is 4.79 Å². The Morgan fingerprint density at radius 2 is 1.96 bits per heavy atom. The zero-order valence-electron chi connectivity index (χ0n) is 13.6. The van der Waals surface area contributed by atoms with Gasteiger partial charge >= 0.3 is 0 Å². The molecule has 1 aliphatic heterocycles. The van der Waals surface area contributed by atoms with Crippen molar-refractivity contribution >= 4 is 28.3 Å². The number of carbonyl (C=O) groups excluding carboxylic acids is 1. The van der Waals surface area contributed by atoms with Crippen molar-refractivity contribution in [3.63, 3.8) is 0 Å². The zero-order valence-corrected chi connectivity index (χ0v) is 15.2. The Morgan fingerprint density at radius 3 is 2.48 bits per heavy atom. The highest BCUT2D eigenvalue weighted by Crippen LogP contribution is 2.19. The molecule has 0 spiro atoms. The number of nitrogens with one attached hydrogen (secondary N) is 2. The van der Waals surface area contributed by atoms with Crippen LogP contribution in [0.2, 0.25) is 0 Å². The molecule has 1 heterocycles. The van der Waals surface area contributed by atoms with Gasteiger partial charge in [0, 0.05) is 26.6 Å². The number of amides is 1. The Balaban J connectivity index is 0.00000264. The number of rotatable bonds is 6. The molecule has 1 atom stereocenters. The van der Waals surface area contributed by atoms with Gasteiger partial charge in [0.2, 0.25) is 15.9 Å². The van der Waals surface area contributed by atoms with E-state index in [1.165, 1.54) is 18.4 Å². The van der Waals surface area contributed by atoms with E-state index in [2.05, 4.69) is 10.6 Å². The maximum Gasteiger partial charge on any atom is 0.242 e. The predicted octanol–water partition coefficient (Wildman–Crippen LogP) is 0.830. The summed E-state index contributed by atoms with van der Waals surface area (Å²) in [5.41, 5.74) is 0.600. The molecule has 2 N–H and O–H groups in total. The smallest absolute Gasteiger partial charge is 0.242 e. The van der Waals surface area contributed by atoms with Crippen LogP contribution in [0.5, 0.6) is 0 Å². The van der Waals surface area contributed by atoms with Crippen LogP contribution < -0.4 is 10.6 Å².